The van der Waals surface area contributed by atoms with E-state index in [0.29, 0.717) is 6.42 Å². The summed E-state index contributed by atoms with van der Waals surface area (Å²) in [4.78, 5) is 36.1. The molecule has 0 aromatic heterocycles. The Morgan fingerprint density at radius 3 is 2.20 bits per heavy atom. The number of esters is 1. The number of halogens is 2. The lowest BCUT2D eigenvalue weighted by Gasteiger charge is -2.17. The molecule has 0 atom stereocenters. The average molecular weight is 408 g/mol. The minimum atomic E-state index is -0.759. The maximum absolute atomic E-state index is 12.2. The van der Waals surface area contributed by atoms with Crippen LogP contribution >= 0.6 is 31.9 Å². The SMILES string of the molecule is CCCCCCC1=C(C(=O)OC)C(=O)C(Br)=C(Br)C1=O. The molecule has 110 valence electrons. The lowest BCUT2D eigenvalue weighted by molar-refractivity contribution is -0.138. The number of unbranched alkanes of at least 4 members (excludes halogenated alkanes) is 3. The summed E-state index contributed by atoms with van der Waals surface area (Å²) >= 11 is 6.14. The smallest absolute Gasteiger partial charge is 0.342 e. The maximum atomic E-state index is 12.2. The van der Waals surface area contributed by atoms with Crippen LogP contribution in [0.4, 0.5) is 0 Å². The highest BCUT2D eigenvalue weighted by Crippen LogP contribution is 2.34. The van der Waals surface area contributed by atoms with Crippen molar-refractivity contribution in [3.05, 3.63) is 20.1 Å². The second-order valence-electron chi connectivity index (χ2n) is 4.44. The number of allylic oxidation sites excluding steroid dienone is 3. The van der Waals surface area contributed by atoms with Gasteiger partial charge in [-0.2, -0.15) is 0 Å². The van der Waals surface area contributed by atoms with Crippen LogP contribution in [0.5, 0.6) is 0 Å². The molecule has 0 N–H and O–H groups in total. The van der Waals surface area contributed by atoms with Crippen molar-refractivity contribution >= 4 is 49.4 Å². The number of hydrogen-bond donors (Lipinski definition) is 0. The van der Waals surface area contributed by atoms with Crippen LogP contribution < -0.4 is 0 Å². The number of Topliss-reactive ketones (excluding diaryl/α,β-unsaturated/α-hetero) is 2. The van der Waals surface area contributed by atoms with Gasteiger partial charge in [-0.05, 0) is 44.7 Å². The Kier molecular flexibility index (Phi) is 6.82. The average Bonchev–Trinajstić information content (AvgIpc) is 2.45. The second-order valence-corrected chi connectivity index (χ2v) is 6.03. The first-order valence-electron chi connectivity index (χ1n) is 6.41. The van der Waals surface area contributed by atoms with E-state index in [0.717, 1.165) is 25.7 Å². The molecule has 0 bridgehead atoms. The minimum Gasteiger partial charge on any atom is -0.465 e. The van der Waals surface area contributed by atoms with Gasteiger partial charge in [0.05, 0.1) is 16.1 Å². The third-order valence-electron chi connectivity index (χ3n) is 3.06. The van der Waals surface area contributed by atoms with Crippen LogP contribution in [0.25, 0.3) is 0 Å². The number of methoxy groups -OCH3 is 1. The number of hydrogen-bond acceptors (Lipinski definition) is 4. The molecule has 0 spiro atoms. The fourth-order valence-corrected chi connectivity index (χ4v) is 2.77. The van der Waals surface area contributed by atoms with Gasteiger partial charge in [0, 0.05) is 5.57 Å². The van der Waals surface area contributed by atoms with Crippen molar-refractivity contribution in [2.24, 2.45) is 0 Å². The van der Waals surface area contributed by atoms with Crippen molar-refractivity contribution in [2.45, 2.75) is 39.0 Å². The van der Waals surface area contributed by atoms with Crippen LogP contribution in [0.2, 0.25) is 0 Å². The molecule has 0 aromatic rings. The molecular weight excluding hydrogens is 392 g/mol. The quantitative estimate of drug-likeness (QED) is 0.292. The number of ketones is 2. The summed E-state index contributed by atoms with van der Waals surface area (Å²) in [6.07, 6.45) is 4.26. The van der Waals surface area contributed by atoms with Crippen LogP contribution in [0.15, 0.2) is 20.1 Å². The van der Waals surface area contributed by atoms with Crippen molar-refractivity contribution in [1.29, 1.82) is 0 Å². The van der Waals surface area contributed by atoms with Gasteiger partial charge in [0.1, 0.15) is 5.57 Å². The Morgan fingerprint density at radius 1 is 1.05 bits per heavy atom. The minimum absolute atomic E-state index is 0.0696. The van der Waals surface area contributed by atoms with E-state index in [2.05, 4.69) is 43.5 Å². The van der Waals surface area contributed by atoms with E-state index in [4.69, 9.17) is 0 Å². The summed E-state index contributed by atoms with van der Waals surface area (Å²) in [7, 11) is 1.20. The predicted molar refractivity (Wildman–Crippen MR) is 82.7 cm³/mol. The van der Waals surface area contributed by atoms with E-state index in [-0.39, 0.29) is 25.9 Å². The molecule has 0 heterocycles. The fourth-order valence-electron chi connectivity index (χ4n) is 1.98. The van der Waals surface area contributed by atoms with Crippen LogP contribution in [-0.2, 0) is 19.1 Å². The summed E-state index contributed by atoms with van der Waals surface area (Å²) in [6, 6.07) is 0. The molecule has 0 aromatic carbocycles. The molecule has 6 heteroatoms. The van der Waals surface area contributed by atoms with E-state index >= 15 is 0 Å². The maximum Gasteiger partial charge on any atom is 0.342 e. The molecule has 0 aliphatic heterocycles. The third-order valence-corrected chi connectivity index (χ3v) is 5.11. The van der Waals surface area contributed by atoms with Gasteiger partial charge in [-0.3, -0.25) is 9.59 Å². The van der Waals surface area contributed by atoms with Gasteiger partial charge >= 0.3 is 5.97 Å². The van der Waals surface area contributed by atoms with E-state index in [9.17, 15) is 14.4 Å². The molecule has 4 nitrogen and oxygen atoms in total. The molecule has 0 fully saturated rings. The van der Waals surface area contributed by atoms with Gasteiger partial charge in [0.15, 0.2) is 5.78 Å². The van der Waals surface area contributed by atoms with E-state index in [1.807, 2.05) is 0 Å². The first kappa shape index (κ1) is 17.3. The monoisotopic (exact) mass is 406 g/mol. The highest BCUT2D eigenvalue weighted by molar-refractivity contribution is 9.14. The zero-order chi connectivity index (χ0) is 15.3. The molecule has 0 saturated heterocycles. The van der Waals surface area contributed by atoms with Crippen molar-refractivity contribution in [1.82, 2.24) is 0 Å². The highest BCUT2D eigenvalue weighted by atomic mass is 79.9. The lowest BCUT2D eigenvalue weighted by Crippen LogP contribution is -2.25. The Hall–Kier alpha value is -0.750. The molecule has 0 saturated carbocycles. The fraction of sp³-hybridized carbons (Fsp3) is 0.500. The number of rotatable bonds is 6. The van der Waals surface area contributed by atoms with E-state index in [1.54, 1.807) is 0 Å². The topological polar surface area (TPSA) is 60.4 Å². The van der Waals surface area contributed by atoms with Gasteiger partial charge in [0.25, 0.3) is 0 Å². The first-order chi connectivity index (χ1) is 9.45. The van der Waals surface area contributed by atoms with E-state index < -0.39 is 11.8 Å². The number of carbonyl (C=O) groups excluding carboxylic acids is 3. The van der Waals surface area contributed by atoms with Crippen molar-refractivity contribution in [2.75, 3.05) is 7.11 Å². The molecule has 1 aliphatic rings. The second kappa shape index (κ2) is 7.88. The molecule has 1 rings (SSSR count). The highest BCUT2D eigenvalue weighted by Gasteiger charge is 2.36. The standard InChI is InChI=1S/C14H16Br2O4/c1-3-4-5-6-7-8-9(14(19)20-2)13(18)11(16)10(15)12(8)17/h3-7H2,1-2H3. The lowest BCUT2D eigenvalue weighted by atomic mass is 9.91. The molecule has 1 aliphatic carbocycles. The Balaban J connectivity index is 3.08. The van der Waals surface area contributed by atoms with Crippen LogP contribution in [0.1, 0.15) is 39.0 Å². The summed E-state index contributed by atoms with van der Waals surface area (Å²) < 4.78 is 4.86. The largest absolute Gasteiger partial charge is 0.465 e. The van der Waals surface area contributed by atoms with Crippen molar-refractivity contribution in [3.63, 3.8) is 0 Å². The predicted octanol–water partition coefficient (Wildman–Crippen LogP) is 3.58. The Morgan fingerprint density at radius 2 is 1.65 bits per heavy atom. The van der Waals surface area contributed by atoms with Crippen molar-refractivity contribution in [3.8, 4) is 0 Å². The first-order valence-corrected chi connectivity index (χ1v) is 8.00. The Bertz CT molecular complexity index is 503. The normalized spacial score (nSPS) is 16.0. The van der Waals surface area contributed by atoms with Crippen LogP contribution in [-0.4, -0.2) is 24.6 Å². The number of ether oxygens (including phenoxy) is 1. The van der Waals surface area contributed by atoms with E-state index in [1.165, 1.54) is 7.11 Å². The summed E-state index contributed by atoms with van der Waals surface area (Å²) in [5.74, 6) is -1.59. The van der Waals surface area contributed by atoms with Gasteiger partial charge in [-0.15, -0.1) is 0 Å². The zero-order valence-corrected chi connectivity index (χ0v) is 14.6. The van der Waals surface area contributed by atoms with Gasteiger partial charge < -0.3 is 4.74 Å². The molecule has 20 heavy (non-hydrogen) atoms. The number of carbonyl (C=O) groups is 3. The zero-order valence-electron chi connectivity index (χ0n) is 11.4. The summed E-state index contributed by atoms with van der Waals surface area (Å²) in [5, 5.41) is 0. The summed E-state index contributed by atoms with van der Waals surface area (Å²) in [5.41, 5.74) is 0.0945. The van der Waals surface area contributed by atoms with Gasteiger partial charge in [-0.25, -0.2) is 4.79 Å². The van der Waals surface area contributed by atoms with Gasteiger partial charge in [-0.1, -0.05) is 26.2 Å². The molecular formula is C14H16Br2O4. The molecule has 0 radical (unpaired) electrons. The third kappa shape index (κ3) is 3.67. The molecule has 0 amide bonds. The van der Waals surface area contributed by atoms with Crippen molar-refractivity contribution < 1.29 is 19.1 Å². The Labute approximate surface area is 134 Å². The van der Waals surface area contributed by atoms with Crippen LogP contribution in [0, 0.1) is 0 Å². The summed E-state index contributed by atoms with van der Waals surface area (Å²) in [6.45, 7) is 2.09. The van der Waals surface area contributed by atoms with Crippen LogP contribution in [0.3, 0.4) is 0 Å². The molecule has 0 unspecified atom stereocenters. The van der Waals surface area contributed by atoms with Gasteiger partial charge in [0.2, 0.25) is 5.78 Å².